The maximum atomic E-state index is 13.9. The molecular formula is C22H24BrFN4O2. The Balaban J connectivity index is 1.37. The first kappa shape index (κ1) is 20.8. The molecule has 2 aromatic carbocycles. The summed E-state index contributed by atoms with van der Waals surface area (Å²) in [6, 6.07) is 10.5. The van der Waals surface area contributed by atoms with Gasteiger partial charge < -0.3 is 19.7 Å². The molecule has 0 bridgehead atoms. The third-order valence-corrected chi connectivity index (χ3v) is 5.79. The Morgan fingerprint density at radius 2 is 1.97 bits per heavy atom. The first-order valence-corrected chi connectivity index (χ1v) is 10.8. The quantitative estimate of drug-likeness (QED) is 0.500. The number of hydrogen-bond acceptors (Lipinski definition) is 6. The van der Waals surface area contributed by atoms with Crippen molar-refractivity contribution in [2.45, 2.75) is 12.8 Å². The van der Waals surface area contributed by atoms with E-state index in [1.165, 1.54) is 12.4 Å². The van der Waals surface area contributed by atoms with Gasteiger partial charge in [0.05, 0.1) is 23.2 Å². The number of aromatic nitrogens is 2. The Bertz CT molecular complexity index is 1010. The van der Waals surface area contributed by atoms with Crippen molar-refractivity contribution in [3.63, 3.8) is 0 Å². The molecule has 1 aliphatic heterocycles. The third-order valence-electron chi connectivity index (χ3n) is 5.30. The SMILES string of the molecule is CN1CCC(COc2ccc3c(OCNc4ccc(Br)cc4F)ncnc3c2)CC1. The zero-order valence-electron chi connectivity index (χ0n) is 16.8. The van der Waals surface area contributed by atoms with Gasteiger partial charge in [-0.15, -0.1) is 0 Å². The summed E-state index contributed by atoms with van der Waals surface area (Å²) in [5.74, 6) is 1.46. The van der Waals surface area contributed by atoms with Crippen molar-refractivity contribution < 1.29 is 13.9 Å². The smallest absolute Gasteiger partial charge is 0.226 e. The van der Waals surface area contributed by atoms with Crippen LogP contribution in [0.25, 0.3) is 10.9 Å². The van der Waals surface area contributed by atoms with Crippen LogP contribution in [0, 0.1) is 11.7 Å². The van der Waals surface area contributed by atoms with Crippen molar-refractivity contribution in [3.05, 3.63) is 53.0 Å². The molecular weight excluding hydrogens is 451 g/mol. The van der Waals surface area contributed by atoms with Gasteiger partial charge in [-0.3, -0.25) is 0 Å². The van der Waals surface area contributed by atoms with Crippen molar-refractivity contribution in [2.75, 3.05) is 38.8 Å². The summed E-state index contributed by atoms with van der Waals surface area (Å²) >= 11 is 3.24. The van der Waals surface area contributed by atoms with E-state index >= 15 is 0 Å². The van der Waals surface area contributed by atoms with Crippen molar-refractivity contribution in [1.29, 1.82) is 0 Å². The Kier molecular flexibility index (Phi) is 6.64. The summed E-state index contributed by atoms with van der Waals surface area (Å²) in [4.78, 5) is 10.9. The Morgan fingerprint density at radius 1 is 1.13 bits per heavy atom. The number of fused-ring (bicyclic) bond motifs is 1. The van der Waals surface area contributed by atoms with Gasteiger partial charge >= 0.3 is 0 Å². The van der Waals surface area contributed by atoms with Crippen LogP contribution in [-0.2, 0) is 0 Å². The molecule has 3 aromatic rings. The van der Waals surface area contributed by atoms with E-state index in [1.807, 2.05) is 18.2 Å². The minimum atomic E-state index is -0.355. The maximum Gasteiger partial charge on any atom is 0.226 e. The van der Waals surface area contributed by atoms with Crippen LogP contribution < -0.4 is 14.8 Å². The van der Waals surface area contributed by atoms with E-state index in [-0.39, 0.29) is 12.5 Å². The number of piperidine rings is 1. The molecule has 1 N–H and O–H groups in total. The fraction of sp³-hybridized carbons (Fsp3) is 0.364. The standard InChI is InChI=1S/C22H24BrFN4O2/c1-28-8-6-15(7-9-28)12-29-17-3-4-18-21(11-17)25-13-26-22(18)30-14-27-20-5-2-16(23)10-19(20)24/h2-5,10-11,13,15,27H,6-9,12,14H2,1H3. The highest BCUT2D eigenvalue weighted by atomic mass is 79.9. The molecule has 0 spiro atoms. The van der Waals surface area contributed by atoms with E-state index in [4.69, 9.17) is 9.47 Å². The van der Waals surface area contributed by atoms with Crippen molar-refractivity contribution in [3.8, 4) is 11.6 Å². The lowest BCUT2D eigenvalue weighted by Gasteiger charge is -2.28. The van der Waals surface area contributed by atoms with E-state index < -0.39 is 0 Å². The second-order valence-corrected chi connectivity index (χ2v) is 8.42. The van der Waals surface area contributed by atoms with Crippen LogP contribution in [0.15, 0.2) is 47.2 Å². The molecule has 2 heterocycles. The Hall–Kier alpha value is -2.45. The highest BCUT2D eigenvalue weighted by Crippen LogP contribution is 2.27. The van der Waals surface area contributed by atoms with E-state index in [0.29, 0.717) is 22.0 Å². The lowest BCUT2D eigenvalue weighted by molar-refractivity contribution is 0.160. The van der Waals surface area contributed by atoms with Gasteiger partial charge in [0.1, 0.15) is 17.9 Å². The molecule has 30 heavy (non-hydrogen) atoms. The maximum absolute atomic E-state index is 13.9. The van der Waals surface area contributed by atoms with Gasteiger partial charge in [0.2, 0.25) is 5.88 Å². The van der Waals surface area contributed by atoms with Crippen LogP contribution in [0.3, 0.4) is 0 Å². The van der Waals surface area contributed by atoms with Gasteiger partial charge in [0, 0.05) is 10.5 Å². The normalized spacial score (nSPS) is 15.3. The van der Waals surface area contributed by atoms with Crippen LogP contribution in [0.5, 0.6) is 11.6 Å². The van der Waals surface area contributed by atoms with Gasteiger partial charge in [-0.1, -0.05) is 15.9 Å². The highest BCUT2D eigenvalue weighted by Gasteiger charge is 2.17. The molecule has 0 amide bonds. The second-order valence-electron chi connectivity index (χ2n) is 7.51. The molecule has 1 saturated heterocycles. The molecule has 8 heteroatoms. The lowest BCUT2D eigenvalue weighted by Crippen LogP contribution is -2.32. The molecule has 0 unspecified atom stereocenters. The van der Waals surface area contributed by atoms with Gasteiger partial charge in [0.25, 0.3) is 0 Å². The molecule has 158 valence electrons. The van der Waals surface area contributed by atoms with Crippen LogP contribution in [0.2, 0.25) is 0 Å². The molecule has 0 atom stereocenters. The summed E-state index contributed by atoms with van der Waals surface area (Å²) in [7, 11) is 2.16. The van der Waals surface area contributed by atoms with Gasteiger partial charge in [-0.2, -0.15) is 0 Å². The average molecular weight is 475 g/mol. The van der Waals surface area contributed by atoms with Crippen LogP contribution in [-0.4, -0.2) is 48.3 Å². The number of nitrogens with one attached hydrogen (secondary N) is 1. The predicted octanol–water partition coefficient (Wildman–Crippen LogP) is 4.70. The lowest BCUT2D eigenvalue weighted by atomic mass is 9.98. The monoisotopic (exact) mass is 474 g/mol. The first-order valence-electron chi connectivity index (χ1n) is 9.96. The van der Waals surface area contributed by atoms with Gasteiger partial charge in [0.15, 0.2) is 6.73 Å². The number of hydrogen-bond donors (Lipinski definition) is 1. The molecule has 0 saturated carbocycles. The summed E-state index contributed by atoms with van der Waals surface area (Å²) in [6.45, 7) is 3.05. The number of ether oxygens (including phenoxy) is 2. The van der Waals surface area contributed by atoms with E-state index in [0.717, 1.165) is 49.2 Å². The topological polar surface area (TPSA) is 59.5 Å². The average Bonchev–Trinajstić information content (AvgIpc) is 2.75. The number of nitrogens with zero attached hydrogens (tertiary/aromatic N) is 3. The zero-order chi connectivity index (χ0) is 20.9. The zero-order valence-corrected chi connectivity index (χ0v) is 18.4. The molecule has 1 fully saturated rings. The molecule has 0 aliphatic carbocycles. The second kappa shape index (κ2) is 9.57. The van der Waals surface area contributed by atoms with E-state index in [9.17, 15) is 4.39 Å². The molecule has 6 nitrogen and oxygen atoms in total. The number of likely N-dealkylation sites (tertiary alicyclic amines) is 1. The Morgan fingerprint density at radius 3 is 2.77 bits per heavy atom. The fourth-order valence-corrected chi connectivity index (χ4v) is 3.81. The first-order chi connectivity index (χ1) is 14.6. The van der Waals surface area contributed by atoms with E-state index in [2.05, 4.69) is 43.2 Å². The molecule has 1 aromatic heterocycles. The van der Waals surface area contributed by atoms with Crippen molar-refractivity contribution in [1.82, 2.24) is 14.9 Å². The third kappa shape index (κ3) is 5.17. The van der Waals surface area contributed by atoms with Crippen LogP contribution in [0.4, 0.5) is 10.1 Å². The van der Waals surface area contributed by atoms with Crippen molar-refractivity contribution >= 4 is 32.5 Å². The summed E-state index contributed by atoms with van der Waals surface area (Å²) in [5.41, 5.74) is 1.11. The fourth-order valence-electron chi connectivity index (χ4n) is 3.47. The van der Waals surface area contributed by atoms with Crippen LogP contribution >= 0.6 is 15.9 Å². The minimum absolute atomic E-state index is 0.0824. The molecule has 0 radical (unpaired) electrons. The summed E-state index contributed by atoms with van der Waals surface area (Å²) in [6.07, 6.45) is 3.78. The number of rotatable bonds is 7. The van der Waals surface area contributed by atoms with E-state index in [1.54, 1.807) is 12.1 Å². The molecule has 4 rings (SSSR count). The highest BCUT2D eigenvalue weighted by molar-refractivity contribution is 9.10. The number of halogens is 2. The van der Waals surface area contributed by atoms with Gasteiger partial charge in [-0.05, 0) is 69.2 Å². The van der Waals surface area contributed by atoms with Crippen molar-refractivity contribution in [2.24, 2.45) is 5.92 Å². The largest absolute Gasteiger partial charge is 0.493 e. The predicted molar refractivity (Wildman–Crippen MR) is 118 cm³/mol. The van der Waals surface area contributed by atoms with Gasteiger partial charge in [-0.25, -0.2) is 14.4 Å². The molecule has 1 aliphatic rings. The minimum Gasteiger partial charge on any atom is -0.493 e. The number of benzene rings is 2. The Labute approximate surface area is 183 Å². The van der Waals surface area contributed by atoms with Crippen LogP contribution in [0.1, 0.15) is 12.8 Å². The summed E-state index contributed by atoms with van der Waals surface area (Å²) in [5, 5.41) is 3.70. The summed E-state index contributed by atoms with van der Waals surface area (Å²) < 4.78 is 26.3. The number of anilines is 1.